The number of ether oxygens (including phenoxy) is 2. The number of hydrogen-bond donors (Lipinski definition) is 1. The zero-order chi connectivity index (χ0) is 44.3. The Morgan fingerprint density at radius 3 is 1.35 bits per heavy atom. The van der Waals surface area contributed by atoms with Crippen molar-refractivity contribution in [3.8, 4) is 0 Å². The number of esters is 2. The van der Waals surface area contributed by atoms with Crippen LogP contribution in [0.25, 0.3) is 0 Å². The van der Waals surface area contributed by atoms with Crippen molar-refractivity contribution >= 4 is 19.8 Å². The number of carbonyl (C=O) groups excluding carboxylic acids is 2. The molecule has 10 heteroatoms. The van der Waals surface area contributed by atoms with Crippen LogP contribution >= 0.6 is 7.82 Å². The Hall–Kier alpha value is -1.51. The number of allylic oxidation sites excluding steroid dienone is 4. The molecule has 354 valence electrons. The van der Waals surface area contributed by atoms with Crippen LogP contribution in [0.15, 0.2) is 24.3 Å². The van der Waals surface area contributed by atoms with E-state index in [1.165, 1.54) is 141 Å². The summed E-state index contributed by atoms with van der Waals surface area (Å²) >= 11 is 0. The highest BCUT2D eigenvalue weighted by Crippen LogP contribution is 2.43. The van der Waals surface area contributed by atoms with Crippen LogP contribution in [-0.2, 0) is 32.7 Å². The topological polar surface area (TPSA) is 108 Å². The molecule has 60 heavy (non-hydrogen) atoms. The molecule has 0 rings (SSSR count). The van der Waals surface area contributed by atoms with Gasteiger partial charge in [-0.05, 0) is 44.9 Å². The second-order valence-electron chi connectivity index (χ2n) is 18.2. The van der Waals surface area contributed by atoms with Crippen molar-refractivity contribution in [2.75, 3.05) is 47.5 Å². The maximum atomic E-state index is 12.7. The summed E-state index contributed by atoms with van der Waals surface area (Å²) in [6.45, 7) is 4.42. The van der Waals surface area contributed by atoms with E-state index in [9.17, 15) is 19.0 Å². The standard InChI is InChI=1S/C50H96NO8P/c1-6-8-10-12-14-16-18-20-22-23-24-25-26-27-29-30-32-34-36-38-40-42-49(52)56-46-48(47-58-60(54,55)57-45-44-51(3,4)5)59-50(53)43-41-39-37-35-33-31-28-21-19-17-15-13-11-9-7-2/h15,17,21,28,48H,6-14,16,18-20,22-27,29-47H2,1-5H3/p+1/b17-15-,28-21-/t48-/m1/s1. The molecule has 2 atom stereocenters. The van der Waals surface area contributed by atoms with Crippen LogP contribution in [0, 0.1) is 0 Å². The van der Waals surface area contributed by atoms with Crippen LogP contribution in [0.3, 0.4) is 0 Å². The number of phosphoric acid groups is 1. The maximum absolute atomic E-state index is 12.7. The summed E-state index contributed by atoms with van der Waals surface area (Å²) in [7, 11) is 1.48. The molecule has 0 bridgehead atoms. The Bertz CT molecular complexity index is 1070. The molecule has 0 heterocycles. The zero-order valence-electron chi connectivity index (χ0n) is 40.0. The molecule has 9 nitrogen and oxygen atoms in total. The Labute approximate surface area is 370 Å². The minimum atomic E-state index is -4.38. The number of phosphoric ester groups is 1. The molecular weight excluding hydrogens is 774 g/mol. The van der Waals surface area contributed by atoms with E-state index in [2.05, 4.69) is 38.2 Å². The molecule has 0 aromatic heterocycles. The zero-order valence-corrected chi connectivity index (χ0v) is 40.9. The van der Waals surface area contributed by atoms with Crippen molar-refractivity contribution in [3.05, 3.63) is 24.3 Å². The molecule has 0 aliphatic heterocycles. The molecule has 0 aromatic rings. The number of quaternary nitrogens is 1. The van der Waals surface area contributed by atoms with Crippen LogP contribution < -0.4 is 0 Å². The van der Waals surface area contributed by atoms with Crippen molar-refractivity contribution in [1.29, 1.82) is 0 Å². The van der Waals surface area contributed by atoms with E-state index in [0.717, 1.165) is 57.8 Å². The first-order chi connectivity index (χ1) is 29.0. The maximum Gasteiger partial charge on any atom is 0.472 e. The van der Waals surface area contributed by atoms with Gasteiger partial charge in [-0.2, -0.15) is 0 Å². The molecule has 0 amide bonds. The molecule has 0 aliphatic carbocycles. The highest BCUT2D eigenvalue weighted by Gasteiger charge is 2.27. The van der Waals surface area contributed by atoms with E-state index in [1.54, 1.807) is 0 Å². The third-order valence-corrected chi connectivity index (χ3v) is 12.0. The second-order valence-corrected chi connectivity index (χ2v) is 19.7. The predicted octanol–water partition coefficient (Wildman–Crippen LogP) is 14.7. The number of nitrogens with zero attached hydrogens (tertiary/aromatic N) is 1. The largest absolute Gasteiger partial charge is 0.472 e. The Morgan fingerprint density at radius 2 is 0.900 bits per heavy atom. The van der Waals surface area contributed by atoms with E-state index in [0.29, 0.717) is 23.9 Å². The van der Waals surface area contributed by atoms with Gasteiger partial charge in [0, 0.05) is 12.8 Å². The monoisotopic (exact) mass is 871 g/mol. The van der Waals surface area contributed by atoms with Gasteiger partial charge in [0.1, 0.15) is 19.8 Å². The summed E-state index contributed by atoms with van der Waals surface area (Å²) in [6.07, 6.45) is 48.0. The van der Waals surface area contributed by atoms with Gasteiger partial charge in [0.2, 0.25) is 0 Å². The molecule has 0 radical (unpaired) electrons. The molecule has 0 fully saturated rings. The van der Waals surface area contributed by atoms with Crippen molar-refractivity contribution < 1.29 is 42.1 Å². The van der Waals surface area contributed by atoms with Crippen LogP contribution in [-0.4, -0.2) is 74.9 Å². The Balaban J connectivity index is 4.22. The van der Waals surface area contributed by atoms with Gasteiger partial charge in [0.15, 0.2) is 6.10 Å². The van der Waals surface area contributed by atoms with Gasteiger partial charge < -0.3 is 18.9 Å². The lowest BCUT2D eigenvalue weighted by molar-refractivity contribution is -0.870. The molecule has 1 unspecified atom stereocenters. The third-order valence-electron chi connectivity index (χ3n) is 11.0. The van der Waals surface area contributed by atoms with Gasteiger partial charge in [-0.15, -0.1) is 0 Å². The fourth-order valence-electron chi connectivity index (χ4n) is 7.05. The van der Waals surface area contributed by atoms with Gasteiger partial charge >= 0.3 is 19.8 Å². The number of hydrogen-bond acceptors (Lipinski definition) is 7. The van der Waals surface area contributed by atoms with Crippen LogP contribution in [0.4, 0.5) is 0 Å². The molecule has 0 saturated carbocycles. The first-order valence-corrected chi connectivity index (χ1v) is 26.6. The van der Waals surface area contributed by atoms with Gasteiger partial charge in [0.05, 0.1) is 27.7 Å². The Morgan fingerprint density at radius 1 is 0.517 bits per heavy atom. The van der Waals surface area contributed by atoms with Crippen molar-refractivity contribution in [3.63, 3.8) is 0 Å². The lowest BCUT2D eigenvalue weighted by Gasteiger charge is -2.24. The first kappa shape index (κ1) is 58.5. The van der Waals surface area contributed by atoms with E-state index in [1.807, 2.05) is 21.1 Å². The SMILES string of the molecule is CCCCC/C=C\C/C=C\CCCCCCCC(=O)O[C@H](COC(=O)CCCCCCCCCCCCCCCCCCCCCCC)COP(=O)(O)OCC[N+](C)(C)C. The predicted molar refractivity (Wildman–Crippen MR) is 252 cm³/mol. The summed E-state index contributed by atoms with van der Waals surface area (Å²) in [5.41, 5.74) is 0. The number of likely N-dealkylation sites (N-methyl/N-ethyl adjacent to an activating group) is 1. The number of carbonyl (C=O) groups is 2. The summed E-state index contributed by atoms with van der Waals surface area (Å²) in [5.74, 6) is -0.803. The van der Waals surface area contributed by atoms with E-state index in [-0.39, 0.29) is 25.6 Å². The molecule has 0 saturated heterocycles. The third kappa shape index (κ3) is 46.0. The fraction of sp³-hybridized carbons (Fsp3) is 0.880. The average Bonchev–Trinajstić information content (AvgIpc) is 3.20. The normalized spacial score (nSPS) is 13.6. The van der Waals surface area contributed by atoms with E-state index in [4.69, 9.17) is 18.5 Å². The van der Waals surface area contributed by atoms with Crippen molar-refractivity contribution in [1.82, 2.24) is 0 Å². The molecular formula is C50H97NO8P+. The summed E-state index contributed by atoms with van der Waals surface area (Å²) in [4.78, 5) is 35.5. The summed E-state index contributed by atoms with van der Waals surface area (Å²) in [5, 5.41) is 0. The quantitative estimate of drug-likeness (QED) is 0.0212. The van der Waals surface area contributed by atoms with Gasteiger partial charge in [-0.1, -0.05) is 199 Å². The highest BCUT2D eigenvalue weighted by molar-refractivity contribution is 7.47. The van der Waals surface area contributed by atoms with Crippen LogP contribution in [0.1, 0.15) is 232 Å². The van der Waals surface area contributed by atoms with Gasteiger partial charge in [-0.25, -0.2) is 4.57 Å². The fourth-order valence-corrected chi connectivity index (χ4v) is 7.79. The smallest absolute Gasteiger partial charge is 0.462 e. The lowest BCUT2D eigenvalue weighted by Crippen LogP contribution is -2.37. The number of unbranched alkanes of at least 4 members (excludes halogenated alkanes) is 28. The van der Waals surface area contributed by atoms with Crippen LogP contribution in [0.2, 0.25) is 0 Å². The van der Waals surface area contributed by atoms with Crippen LogP contribution in [0.5, 0.6) is 0 Å². The van der Waals surface area contributed by atoms with Crippen molar-refractivity contribution in [2.45, 2.75) is 238 Å². The average molecular weight is 871 g/mol. The van der Waals surface area contributed by atoms with E-state index >= 15 is 0 Å². The lowest BCUT2D eigenvalue weighted by atomic mass is 10.0. The minimum absolute atomic E-state index is 0.0308. The van der Waals surface area contributed by atoms with Crippen molar-refractivity contribution in [2.24, 2.45) is 0 Å². The summed E-state index contributed by atoms with van der Waals surface area (Å²) < 4.78 is 34.4. The second kappa shape index (κ2) is 42.8. The van der Waals surface area contributed by atoms with Gasteiger partial charge in [0.25, 0.3) is 0 Å². The molecule has 0 spiro atoms. The molecule has 1 N–H and O–H groups in total. The number of rotatable bonds is 46. The van der Waals surface area contributed by atoms with Gasteiger partial charge in [-0.3, -0.25) is 18.6 Å². The molecule has 0 aliphatic rings. The Kier molecular flexibility index (Phi) is 41.7. The summed E-state index contributed by atoms with van der Waals surface area (Å²) in [6, 6.07) is 0. The van der Waals surface area contributed by atoms with E-state index < -0.39 is 26.5 Å². The first-order valence-electron chi connectivity index (χ1n) is 25.1. The highest BCUT2D eigenvalue weighted by atomic mass is 31.2. The minimum Gasteiger partial charge on any atom is -0.462 e. The molecule has 0 aromatic carbocycles.